The Labute approximate surface area is 238 Å². The van der Waals surface area contributed by atoms with Crippen LogP contribution in [0.5, 0.6) is 0 Å². The number of anilines is 1. The van der Waals surface area contributed by atoms with Gasteiger partial charge in [0.2, 0.25) is 11.8 Å². The molecule has 7 nitrogen and oxygen atoms in total. The summed E-state index contributed by atoms with van der Waals surface area (Å²) in [5.41, 5.74) is 3.18. The van der Waals surface area contributed by atoms with Gasteiger partial charge in [0.25, 0.3) is 10.0 Å². The molecule has 0 aromatic heterocycles. The third-order valence-corrected chi connectivity index (χ3v) is 9.58. The molecule has 4 rings (SSSR count). The highest BCUT2D eigenvalue weighted by Gasteiger charge is 2.33. The number of hydrogen-bond donors (Lipinski definition) is 1. The number of rotatable bonds is 11. The third kappa shape index (κ3) is 6.91. The number of amides is 2. The second-order valence-corrected chi connectivity index (χ2v) is 12.4. The lowest BCUT2D eigenvalue weighted by molar-refractivity contribution is -0.139. The summed E-state index contributed by atoms with van der Waals surface area (Å²) in [7, 11) is -4.07. The molecular weight excluding hydrogens is 522 g/mol. The maximum Gasteiger partial charge on any atom is 0.264 e. The third-order valence-electron chi connectivity index (χ3n) is 7.81. The zero-order valence-electron chi connectivity index (χ0n) is 23.5. The molecule has 0 unspecified atom stereocenters. The highest BCUT2D eigenvalue weighted by atomic mass is 32.2. The highest BCUT2D eigenvalue weighted by molar-refractivity contribution is 7.92. The van der Waals surface area contributed by atoms with Gasteiger partial charge in [0.15, 0.2) is 0 Å². The summed E-state index contributed by atoms with van der Waals surface area (Å²) in [6.45, 7) is 5.36. The van der Waals surface area contributed by atoms with Gasteiger partial charge in [-0.15, -0.1) is 0 Å². The molecule has 1 atom stereocenters. The van der Waals surface area contributed by atoms with E-state index in [2.05, 4.69) is 5.32 Å². The SMILES string of the molecule is Cc1cccc(N(CC(=O)N(CCc2ccccc2)[C@@H](C)C(=O)NC2CCCC2)S(=O)(=O)c2ccccc2)c1C. The number of aryl methyl sites for hydroxylation is 1. The number of nitrogens with one attached hydrogen (secondary N) is 1. The average molecular weight is 562 g/mol. The van der Waals surface area contributed by atoms with Crippen LogP contribution in [-0.4, -0.2) is 50.3 Å². The summed E-state index contributed by atoms with van der Waals surface area (Å²) in [5.74, 6) is -0.636. The van der Waals surface area contributed by atoms with Crippen molar-refractivity contribution in [2.24, 2.45) is 0 Å². The molecule has 1 saturated carbocycles. The zero-order valence-corrected chi connectivity index (χ0v) is 24.4. The molecule has 8 heteroatoms. The van der Waals surface area contributed by atoms with E-state index in [1.54, 1.807) is 37.3 Å². The van der Waals surface area contributed by atoms with E-state index in [0.29, 0.717) is 12.1 Å². The van der Waals surface area contributed by atoms with Crippen LogP contribution < -0.4 is 9.62 Å². The van der Waals surface area contributed by atoms with Crippen LogP contribution in [0.3, 0.4) is 0 Å². The van der Waals surface area contributed by atoms with E-state index in [1.165, 1.54) is 21.3 Å². The van der Waals surface area contributed by atoms with E-state index in [1.807, 2.05) is 50.2 Å². The standard InChI is InChI=1S/C32H39N3O4S/c1-24-13-12-20-30(25(24)2)35(40(38,39)29-18-8-5-9-19-29)23-31(36)34(22-21-27-14-6-4-7-15-27)26(3)32(37)33-28-16-10-11-17-28/h4-9,12-15,18-20,26,28H,10-11,16-17,21-23H2,1-3H3,(H,33,37)/t26-/m0/s1. The van der Waals surface area contributed by atoms with Gasteiger partial charge in [0, 0.05) is 12.6 Å². The van der Waals surface area contributed by atoms with E-state index >= 15 is 0 Å². The van der Waals surface area contributed by atoms with Crippen LogP contribution in [0.4, 0.5) is 5.69 Å². The van der Waals surface area contributed by atoms with Gasteiger partial charge >= 0.3 is 0 Å². The van der Waals surface area contributed by atoms with Crippen LogP contribution in [0.2, 0.25) is 0 Å². The van der Waals surface area contributed by atoms with Crippen LogP contribution in [0.15, 0.2) is 83.8 Å². The number of nitrogens with zero attached hydrogens (tertiary/aromatic N) is 2. The van der Waals surface area contributed by atoms with Gasteiger partial charge in [-0.05, 0) is 74.9 Å². The Morgan fingerprint density at radius 2 is 1.52 bits per heavy atom. The lowest BCUT2D eigenvalue weighted by Gasteiger charge is -2.33. The number of sulfonamides is 1. The summed E-state index contributed by atoms with van der Waals surface area (Å²) < 4.78 is 29.1. The molecule has 0 saturated heterocycles. The lowest BCUT2D eigenvalue weighted by atomic mass is 10.1. The quantitative estimate of drug-likeness (QED) is 0.356. The van der Waals surface area contributed by atoms with Crippen LogP contribution in [-0.2, 0) is 26.0 Å². The normalized spacial score (nSPS) is 14.5. The minimum Gasteiger partial charge on any atom is -0.352 e. The first kappa shape index (κ1) is 29.3. The van der Waals surface area contributed by atoms with E-state index in [0.717, 1.165) is 42.4 Å². The predicted molar refractivity (Wildman–Crippen MR) is 159 cm³/mol. The summed E-state index contributed by atoms with van der Waals surface area (Å²) in [4.78, 5) is 29.0. The fourth-order valence-corrected chi connectivity index (χ4v) is 6.69. The molecule has 0 radical (unpaired) electrons. The van der Waals surface area contributed by atoms with Gasteiger partial charge in [0.1, 0.15) is 12.6 Å². The molecule has 0 heterocycles. The van der Waals surface area contributed by atoms with E-state index in [4.69, 9.17) is 0 Å². The zero-order chi connectivity index (χ0) is 28.7. The summed E-state index contributed by atoms with van der Waals surface area (Å²) in [6.07, 6.45) is 4.58. The number of carbonyl (C=O) groups is 2. The second kappa shape index (κ2) is 13.1. The molecule has 1 N–H and O–H groups in total. The topological polar surface area (TPSA) is 86.8 Å². The fourth-order valence-electron chi connectivity index (χ4n) is 5.20. The molecule has 3 aromatic carbocycles. The van der Waals surface area contributed by atoms with Crippen molar-refractivity contribution in [3.05, 3.63) is 95.6 Å². The molecule has 3 aromatic rings. The first-order valence-electron chi connectivity index (χ1n) is 14.0. The average Bonchev–Trinajstić information content (AvgIpc) is 3.47. The van der Waals surface area contributed by atoms with Crippen molar-refractivity contribution in [2.45, 2.75) is 69.9 Å². The van der Waals surface area contributed by atoms with Crippen LogP contribution in [0.1, 0.15) is 49.3 Å². The smallest absolute Gasteiger partial charge is 0.264 e. The van der Waals surface area contributed by atoms with Crippen molar-refractivity contribution in [2.75, 3.05) is 17.4 Å². The lowest BCUT2D eigenvalue weighted by Crippen LogP contribution is -2.53. The Morgan fingerprint density at radius 1 is 0.900 bits per heavy atom. The number of carbonyl (C=O) groups excluding carboxylic acids is 2. The molecule has 0 aliphatic heterocycles. The van der Waals surface area contributed by atoms with Crippen molar-refractivity contribution in [3.63, 3.8) is 0 Å². The van der Waals surface area contributed by atoms with E-state index < -0.39 is 28.5 Å². The monoisotopic (exact) mass is 561 g/mol. The van der Waals surface area contributed by atoms with Crippen molar-refractivity contribution in [1.82, 2.24) is 10.2 Å². The number of benzene rings is 3. The molecule has 1 aliphatic carbocycles. The summed E-state index contributed by atoms with van der Waals surface area (Å²) in [6, 6.07) is 22.7. The summed E-state index contributed by atoms with van der Waals surface area (Å²) >= 11 is 0. The summed E-state index contributed by atoms with van der Waals surface area (Å²) in [5, 5.41) is 3.11. The van der Waals surface area contributed by atoms with Crippen LogP contribution >= 0.6 is 0 Å². The second-order valence-electron chi connectivity index (χ2n) is 10.5. The van der Waals surface area contributed by atoms with E-state index in [9.17, 15) is 18.0 Å². The van der Waals surface area contributed by atoms with Gasteiger partial charge in [0.05, 0.1) is 10.6 Å². The Balaban J connectivity index is 1.66. The Hall–Kier alpha value is -3.65. The van der Waals surface area contributed by atoms with Crippen molar-refractivity contribution >= 4 is 27.5 Å². The first-order valence-corrected chi connectivity index (χ1v) is 15.4. The van der Waals surface area contributed by atoms with Gasteiger partial charge in [-0.1, -0.05) is 73.5 Å². The largest absolute Gasteiger partial charge is 0.352 e. The molecule has 2 amide bonds. The Morgan fingerprint density at radius 3 is 2.17 bits per heavy atom. The molecule has 212 valence electrons. The van der Waals surface area contributed by atoms with Crippen molar-refractivity contribution in [1.29, 1.82) is 0 Å². The Bertz CT molecular complexity index is 1400. The maximum absolute atomic E-state index is 14.0. The highest BCUT2D eigenvalue weighted by Crippen LogP contribution is 2.29. The predicted octanol–water partition coefficient (Wildman–Crippen LogP) is 5.02. The molecule has 0 bridgehead atoms. The molecule has 0 spiro atoms. The first-order chi connectivity index (χ1) is 19.2. The Kier molecular flexibility index (Phi) is 9.63. The molecule has 40 heavy (non-hydrogen) atoms. The molecule has 1 aliphatic rings. The minimum atomic E-state index is -4.07. The van der Waals surface area contributed by atoms with Crippen molar-refractivity contribution < 1.29 is 18.0 Å². The van der Waals surface area contributed by atoms with Crippen LogP contribution in [0, 0.1) is 13.8 Å². The van der Waals surface area contributed by atoms with Crippen LogP contribution in [0.25, 0.3) is 0 Å². The number of hydrogen-bond acceptors (Lipinski definition) is 4. The molecular formula is C32H39N3O4S. The van der Waals surface area contributed by atoms with Gasteiger partial charge in [-0.3, -0.25) is 13.9 Å². The van der Waals surface area contributed by atoms with E-state index in [-0.39, 0.29) is 23.4 Å². The van der Waals surface area contributed by atoms with Gasteiger partial charge in [-0.2, -0.15) is 0 Å². The fraction of sp³-hybridized carbons (Fsp3) is 0.375. The minimum absolute atomic E-state index is 0.103. The van der Waals surface area contributed by atoms with Gasteiger partial charge < -0.3 is 10.2 Å². The molecule has 1 fully saturated rings. The van der Waals surface area contributed by atoms with Gasteiger partial charge in [-0.25, -0.2) is 8.42 Å². The van der Waals surface area contributed by atoms with Crippen molar-refractivity contribution in [3.8, 4) is 0 Å². The maximum atomic E-state index is 14.0.